The molecule has 1 N–H and O–H groups in total. The summed E-state index contributed by atoms with van der Waals surface area (Å²) in [5.41, 5.74) is -0.968. The van der Waals surface area contributed by atoms with Gasteiger partial charge in [0.1, 0.15) is 5.41 Å². The molecule has 5 heteroatoms. The molecule has 1 atom stereocenters. The minimum absolute atomic E-state index is 0.0943. The van der Waals surface area contributed by atoms with Crippen LogP contribution in [-0.4, -0.2) is 28.8 Å². The van der Waals surface area contributed by atoms with Crippen molar-refractivity contribution in [2.45, 2.75) is 64.3 Å². The Bertz CT molecular complexity index is 450. The molecule has 1 heterocycles. The van der Waals surface area contributed by atoms with E-state index in [4.69, 9.17) is 0 Å². The quantitative estimate of drug-likeness (QED) is 0.787. The van der Waals surface area contributed by atoms with Crippen molar-refractivity contribution in [2.24, 2.45) is 11.3 Å². The molecule has 0 radical (unpaired) electrons. The lowest BCUT2D eigenvalue weighted by Crippen LogP contribution is -2.67. The second kappa shape index (κ2) is 4.86. The zero-order chi connectivity index (χ0) is 14.3. The number of amides is 4. The molecule has 3 aliphatic rings. The lowest BCUT2D eigenvalue weighted by Gasteiger charge is -2.46. The van der Waals surface area contributed by atoms with Crippen molar-refractivity contribution in [1.29, 1.82) is 0 Å². The van der Waals surface area contributed by atoms with Gasteiger partial charge in [-0.05, 0) is 38.5 Å². The molecule has 1 unspecified atom stereocenters. The van der Waals surface area contributed by atoms with Gasteiger partial charge in [-0.1, -0.05) is 25.7 Å². The molecule has 5 nitrogen and oxygen atoms in total. The van der Waals surface area contributed by atoms with Gasteiger partial charge in [-0.3, -0.25) is 19.8 Å². The molecule has 0 aromatic carbocycles. The highest BCUT2D eigenvalue weighted by molar-refractivity contribution is 6.19. The van der Waals surface area contributed by atoms with Crippen LogP contribution >= 0.6 is 0 Å². The maximum Gasteiger partial charge on any atom is 0.331 e. The molecule has 110 valence electrons. The fourth-order valence-corrected chi connectivity index (χ4v) is 3.80. The SMILES string of the molecule is CC(C1CCC1)N1C(=O)NC(=O)C2(CCCCC2)C1=O. The predicted molar refractivity (Wildman–Crippen MR) is 72.7 cm³/mol. The molecule has 0 aromatic heterocycles. The Morgan fingerprint density at radius 2 is 1.75 bits per heavy atom. The number of hydrogen-bond donors (Lipinski definition) is 1. The van der Waals surface area contributed by atoms with E-state index in [-0.39, 0.29) is 17.9 Å². The molecule has 1 aliphatic heterocycles. The summed E-state index contributed by atoms with van der Waals surface area (Å²) < 4.78 is 0. The number of rotatable bonds is 2. The van der Waals surface area contributed by atoms with Gasteiger partial charge in [-0.2, -0.15) is 0 Å². The highest BCUT2D eigenvalue weighted by Crippen LogP contribution is 2.42. The number of carbonyl (C=O) groups is 3. The lowest BCUT2D eigenvalue weighted by molar-refractivity contribution is -0.156. The second-order valence-electron chi connectivity index (χ2n) is 6.51. The molecule has 0 aromatic rings. The van der Waals surface area contributed by atoms with E-state index in [2.05, 4.69) is 5.32 Å². The number of imide groups is 2. The highest BCUT2D eigenvalue weighted by atomic mass is 16.2. The van der Waals surface area contributed by atoms with E-state index in [1.807, 2.05) is 6.92 Å². The fourth-order valence-electron chi connectivity index (χ4n) is 3.80. The summed E-state index contributed by atoms with van der Waals surface area (Å²) in [6.45, 7) is 1.94. The summed E-state index contributed by atoms with van der Waals surface area (Å²) >= 11 is 0. The van der Waals surface area contributed by atoms with Crippen molar-refractivity contribution >= 4 is 17.8 Å². The number of nitrogens with one attached hydrogen (secondary N) is 1. The molecule has 2 aliphatic carbocycles. The minimum atomic E-state index is -0.968. The Hall–Kier alpha value is -1.39. The average Bonchev–Trinajstić information content (AvgIpc) is 2.36. The lowest BCUT2D eigenvalue weighted by atomic mass is 9.70. The first-order chi connectivity index (χ1) is 9.56. The largest absolute Gasteiger partial charge is 0.331 e. The van der Waals surface area contributed by atoms with Gasteiger partial charge in [0.15, 0.2) is 0 Å². The van der Waals surface area contributed by atoms with Crippen LogP contribution in [0, 0.1) is 11.3 Å². The third kappa shape index (κ3) is 1.86. The maximum atomic E-state index is 12.9. The second-order valence-corrected chi connectivity index (χ2v) is 6.51. The summed E-state index contributed by atoms with van der Waals surface area (Å²) in [4.78, 5) is 38.5. The van der Waals surface area contributed by atoms with Gasteiger partial charge < -0.3 is 0 Å². The van der Waals surface area contributed by atoms with E-state index < -0.39 is 11.4 Å². The molecule has 0 bridgehead atoms. The van der Waals surface area contributed by atoms with E-state index in [9.17, 15) is 14.4 Å². The van der Waals surface area contributed by atoms with Gasteiger partial charge in [-0.15, -0.1) is 0 Å². The molecule has 3 fully saturated rings. The molecule has 3 rings (SSSR count). The molecular formula is C15H22N2O3. The van der Waals surface area contributed by atoms with Crippen LogP contribution in [0.4, 0.5) is 4.79 Å². The molecule has 2 saturated carbocycles. The topological polar surface area (TPSA) is 66.5 Å². The Morgan fingerprint density at radius 1 is 1.10 bits per heavy atom. The standard InChI is InChI=1S/C15H22N2O3/c1-10(11-6-5-7-11)17-13(19)15(8-3-2-4-9-15)12(18)16-14(17)20/h10-11H,2-9H2,1H3,(H,16,18,20). The zero-order valence-corrected chi connectivity index (χ0v) is 12.0. The van der Waals surface area contributed by atoms with Crippen molar-refractivity contribution in [3.05, 3.63) is 0 Å². The predicted octanol–water partition coefficient (Wildman–Crippen LogP) is 2.20. The van der Waals surface area contributed by atoms with Crippen LogP contribution < -0.4 is 5.32 Å². The summed E-state index contributed by atoms with van der Waals surface area (Å²) in [6, 6.07) is -0.612. The smallest absolute Gasteiger partial charge is 0.277 e. The molecule has 4 amide bonds. The van der Waals surface area contributed by atoms with Crippen molar-refractivity contribution in [3.63, 3.8) is 0 Å². The van der Waals surface area contributed by atoms with Crippen LogP contribution in [0.15, 0.2) is 0 Å². The van der Waals surface area contributed by atoms with Gasteiger partial charge in [0, 0.05) is 6.04 Å². The highest BCUT2D eigenvalue weighted by Gasteiger charge is 2.55. The Labute approximate surface area is 119 Å². The van der Waals surface area contributed by atoms with Crippen LogP contribution in [0.1, 0.15) is 58.3 Å². The van der Waals surface area contributed by atoms with Crippen LogP contribution in [0.3, 0.4) is 0 Å². The van der Waals surface area contributed by atoms with Gasteiger partial charge >= 0.3 is 6.03 Å². The molecule has 20 heavy (non-hydrogen) atoms. The van der Waals surface area contributed by atoms with Crippen LogP contribution in [0.2, 0.25) is 0 Å². The van der Waals surface area contributed by atoms with Crippen LogP contribution in [0.5, 0.6) is 0 Å². The Morgan fingerprint density at radius 3 is 2.30 bits per heavy atom. The van der Waals surface area contributed by atoms with E-state index in [1.54, 1.807) is 0 Å². The summed E-state index contributed by atoms with van der Waals surface area (Å²) in [5.74, 6) is -0.215. The normalized spacial score (nSPS) is 28.2. The van der Waals surface area contributed by atoms with E-state index >= 15 is 0 Å². The summed E-state index contributed by atoms with van der Waals surface area (Å²) in [5, 5.41) is 2.43. The van der Waals surface area contributed by atoms with Gasteiger partial charge in [0.2, 0.25) is 11.8 Å². The van der Waals surface area contributed by atoms with Crippen molar-refractivity contribution in [3.8, 4) is 0 Å². The van der Waals surface area contributed by atoms with Crippen molar-refractivity contribution in [2.75, 3.05) is 0 Å². The fraction of sp³-hybridized carbons (Fsp3) is 0.800. The number of nitrogens with zero attached hydrogens (tertiary/aromatic N) is 1. The molecule has 1 spiro atoms. The first-order valence-corrected chi connectivity index (χ1v) is 7.75. The third-order valence-corrected chi connectivity index (χ3v) is 5.45. The van der Waals surface area contributed by atoms with Gasteiger partial charge in [0.05, 0.1) is 0 Å². The molecular weight excluding hydrogens is 256 g/mol. The first-order valence-electron chi connectivity index (χ1n) is 7.75. The van der Waals surface area contributed by atoms with Crippen molar-refractivity contribution < 1.29 is 14.4 Å². The number of barbiturate groups is 1. The zero-order valence-electron chi connectivity index (χ0n) is 12.0. The number of carbonyl (C=O) groups excluding carboxylic acids is 3. The van der Waals surface area contributed by atoms with E-state index in [0.717, 1.165) is 32.1 Å². The van der Waals surface area contributed by atoms with Gasteiger partial charge in [-0.25, -0.2) is 4.79 Å². The summed E-state index contributed by atoms with van der Waals surface area (Å²) in [6.07, 6.45) is 7.31. The monoisotopic (exact) mass is 278 g/mol. The summed E-state index contributed by atoms with van der Waals surface area (Å²) in [7, 11) is 0. The number of urea groups is 1. The van der Waals surface area contributed by atoms with Crippen LogP contribution in [-0.2, 0) is 9.59 Å². The Kier molecular flexibility index (Phi) is 3.30. The maximum absolute atomic E-state index is 12.9. The average molecular weight is 278 g/mol. The number of hydrogen-bond acceptors (Lipinski definition) is 3. The third-order valence-electron chi connectivity index (χ3n) is 5.45. The van der Waals surface area contributed by atoms with Crippen LogP contribution in [0.25, 0.3) is 0 Å². The minimum Gasteiger partial charge on any atom is -0.277 e. The first kappa shape index (κ1) is 13.6. The molecule has 1 saturated heterocycles. The van der Waals surface area contributed by atoms with E-state index in [0.29, 0.717) is 18.8 Å². The Balaban J connectivity index is 1.88. The van der Waals surface area contributed by atoms with Crippen molar-refractivity contribution in [1.82, 2.24) is 10.2 Å². The van der Waals surface area contributed by atoms with Gasteiger partial charge in [0.25, 0.3) is 0 Å². The van der Waals surface area contributed by atoms with E-state index in [1.165, 1.54) is 11.3 Å².